The summed E-state index contributed by atoms with van der Waals surface area (Å²) in [6, 6.07) is 0. The Morgan fingerprint density at radius 3 is 2.18 bits per heavy atom. The second-order valence-corrected chi connectivity index (χ2v) is 8.20. The molecule has 11 heteroatoms. The first-order valence-electron chi connectivity index (χ1n) is 8.37. The number of hydrogen-bond acceptors (Lipinski definition) is 5. The Balaban J connectivity index is 0.00000136. The van der Waals surface area contributed by atoms with Gasteiger partial charge in [0, 0.05) is 5.41 Å². The van der Waals surface area contributed by atoms with Gasteiger partial charge < -0.3 is 20.3 Å². The number of nitrogens with zero attached hydrogens (tertiary/aromatic N) is 9. The summed E-state index contributed by atoms with van der Waals surface area (Å²) in [6.07, 6.45) is 0. The summed E-state index contributed by atoms with van der Waals surface area (Å²) in [5.41, 5.74) is 2.19. The fourth-order valence-corrected chi connectivity index (χ4v) is 2.54. The zero-order chi connectivity index (χ0) is 21.3. The van der Waals surface area contributed by atoms with E-state index < -0.39 is 0 Å². The molecule has 0 aromatic carbocycles. The van der Waals surface area contributed by atoms with Crippen molar-refractivity contribution in [2.75, 3.05) is 0 Å². The number of aryl methyl sites for hydroxylation is 1. The van der Waals surface area contributed by atoms with Gasteiger partial charge in [-0.25, -0.2) is 9.94 Å². The molecule has 28 heavy (non-hydrogen) atoms. The molecule has 0 unspecified atom stereocenters. The van der Waals surface area contributed by atoms with Crippen LogP contribution in [0.3, 0.4) is 0 Å². The molecule has 0 amide bonds. The van der Waals surface area contributed by atoms with Crippen LogP contribution in [0.4, 0.5) is 17.2 Å². The van der Waals surface area contributed by atoms with Crippen molar-refractivity contribution in [2.24, 2.45) is 10.2 Å². The molecule has 3 aromatic rings. The van der Waals surface area contributed by atoms with Crippen LogP contribution >= 0.6 is 10.1 Å². The monoisotopic (exact) mass is 449 g/mol. The van der Waals surface area contributed by atoms with Crippen molar-refractivity contribution in [3.8, 4) is 0 Å². The van der Waals surface area contributed by atoms with Gasteiger partial charge in [0.2, 0.25) is 5.69 Å². The molecule has 0 saturated heterocycles. The van der Waals surface area contributed by atoms with Crippen molar-refractivity contribution in [2.45, 2.75) is 59.3 Å². The Hall–Kier alpha value is -2.21. The molecule has 0 aliphatic rings. The Kier molecular flexibility index (Phi) is 6.34. The van der Waals surface area contributed by atoms with E-state index in [2.05, 4.69) is 65.7 Å². The molecule has 9 nitrogen and oxygen atoms in total. The SMILES string of the molecule is [C-]#[N+]c1c(C(C)(C)C)n[n-]c1N=Nc1c(C(C)(C)C)nn2nc(C)[n-]c12.[Cl][Cu]. The van der Waals surface area contributed by atoms with E-state index >= 15 is 0 Å². The predicted octanol–water partition coefficient (Wildman–Crippen LogP) is 4.60. The molecule has 0 aliphatic heterocycles. The van der Waals surface area contributed by atoms with Crippen LogP contribution < -0.4 is 10.1 Å². The number of hydrogen-bond donors (Lipinski definition) is 0. The molecule has 3 rings (SSSR count). The van der Waals surface area contributed by atoms with E-state index in [1.165, 1.54) is 4.63 Å². The Labute approximate surface area is 176 Å². The molecular weight excluding hydrogens is 429 g/mol. The maximum atomic E-state index is 7.46. The van der Waals surface area contributed by atoms with Crippen molar-refractivity contribution >= 4 is 32.9 Å². The molecule has 0 radical (unpaired) electrons. The topological polar surface area (TPSA) is 100 Å². The van der Waals surface area contributed by atoms with E-state index in [1.54, 1.807) is 6.92 Å². The third-order valence-corrected chi connectivity index (χ3v) is 3.79. The second kappa shape index (κ2) is 8.03. The Morgan fingerprint density at radius 2 is 1.64 bits per heavy atom. The van der Waals surface area contributed by atoms with E-state index in [4.69, 9.17) is 6.57 Å². The van der Waals surface area contributed by atoms with E-state index in [1.807, 2.05) is 41.5 Å². The number of azo groups is 1. The third kappa shape index (κ3) is 4.27. The van der Waals surface area contributed by atoms with Crippen LogP contribution in [0, 0.1) is 13.5 Å². The van der Waals surface area contributed by atoms with Gasteiger partial charge in [0.1, 0.15) is 0 Å². The number of aromatic nitrogens is 6. The van der Waals surface area contributed by atoms with Gasteiger partial charge in [-0.2, -0.15) is 0 Å². The minimum absolute atomic E-state index is 0.209. The summed E-state index contributed by atoms with van der Waals surface area (Å²) in [5, 5.41) is 25.5. The molecule has 154 valence electrons. The average Bonchev–Trinajstić information content (AvgIpc) is 3.25. The van der Waals surface area contributed by atoms with Crippen LogP contribution in [0.1, 0.15) is 58.8 Å². The minimum atomic E-state index is -0.295. The maximum absolute atomic E-state index is 7.46. The molecule has 0 fully saturated rings. The summed E-state index contributed by atoms with van der Waals surface area (Å²) in [6.45, 7) is 21.3. The van der Waals surface area contributed by atoms with Crippen molar-refractivity contribution in [1.82, 2.24) is 30.0 Å². The van der Waals surface area contributed by atoms with Gasteiger partial charge in [0.05, 0.1) is 29.3 Å². The van der Waals surface area contributed by atoms with E-state index in [9.17, 15) is 0 Å². The van der Waals surface area contributed by atoms with Crippen LogP contribution in [0.5, 0.6) is 0 Å². The fraction of sp³-hybridized carbons (Fsp3) is 0.529. The predicted molar refractivity (Wildman–Crippen MR) is 102 cm³/mol. The van der Waals surface area contributed by atoms with Crippen LogP contribution in [-0.4, -0.2) is 19.9 Å². The van der Waals surface area contributed by atoms with E-state index in [-0.39, 0.29) is 16.6 Å². The van der Waals surface area contributed by atoms with Gasteiger partial charge in [-0.15, -0.1) is 0 Å². The number of rotatable bonds is 2. The fourth-order valence-electron chi connectivity index (χ4n) is 2.54. The first-order valence-corrected chi connectivity index (χ1v) is 9.67. The Morgan fingerprint density at radius 1 is 1.04 bits per heavy atom. The van der Waals surface area contributed by atoms with Gasteiger partial charge in [-0.1, -0.05) is 41.5 Å². The van der Waals surface area contributed by atoms with Gasteiger partial charge in [-0.05, 0) is 24.0 Å². The molecular formula is C17H21ClCuN9-2. The number of fused-ring (bicyclic) bond motifs is 1. The summed E-state index contributed by atoms with van der Waals surface area (Å²) < 4.78 is 1.47. The first kappa shape index (κ1) is 22.1. The Bertz CT molecular complexity index is 1040. The molecule has 3 heterocycles. The number of halogens is 1. The van der Waals surface area contributed by atoms with Crippen LogP contribution in [0.15, 0.2) is 10.2 Å². The van der Waals surface area contributed by atoms with Gasteiger partial charge in [0.25, 0.3) is 0 Å². The molecule has 0 bridgehead atoms. The van der Waals surface area contributed by atoms with Crippen LogP contribution in [-0.2, 0) is 25.9 Å². The third-order valence-electron chi connectivity index (χ3n) is 3.79. The normalized spacial score (nSPS) is 12.3. The molecule has 0 atom stereocenters. The molecule has 0 spiro atoms. The van der Waals surface area contributed by atoms with E-state index in [0.29, 0.717) is 28.5 Å². The van der Waals surface area contributed by atoms with Crippen molar-refractivity contribution in [3.63, 3.8) is 0 Å². The van der Waals surface area contributed by atoms with Crippen LogP contribution in [0.2, 0.25) is 0 Å². The summed E-state index contributed by atoms with van der Waals surface area (Å²) in [5.74, 6) is 0.815. The van der Waals surface area contributed by atoms with Crippen molar-refractivity contribution < 1.29 is 15.1 Å². The summed E-state index contributed by atoms with van der Waals surface area (Å²) in [4.78, 5) is 7.94. The molecule has 0 aliphatic carbocycles. The van der Waals surface area contributed by atoms with Crippen LogP contribution in [0.25, 0.3) is 10.5 Å². The van der Waals surface area contributed by atoms with Gasteiger partial charge >= 0.3 is 25.2 Å². The summed E-state index contributed by atoms with van der Waals surface area (Å²) in [7, 11) is 4.20. The summed E-state index contributed by atoms with van der Waals surface area (Å²) >= 11 is 3.66. The van der Waals surface area contributed by atoms with Crippen molar-refractivity contribution in [3.05, 3.63) is 28.6 Å². The zero-order valence-electron chi connectivity index (χ0n) is 16.7. The van der Waals surface area contributed by atoms with Gasteiger partial charge in [-0.3, -0.25) is 14.8 Å². The average molecular weight is 450 g/mol. The zero-order valence-corrected chi connectivity index (χ0v) is 18.4. The van der Waals surface area contributed by atoms with Crippen molar-refractivity contribution in [1.29, 1.82) is 0 Å². The first-order chi connectivity index (χ1) is 13.0. The second-order valence-electron chi connectivity index (χ2n) is 8.20. The standard InChI is InChI=1S/C17H21N9.ClH.Cu/c1-9-19-15-11(13(17(5,6)7)25-26(15)24-9)20-22-14-10(18-8)12(21-23-14)16(2,3)4;;/h1-7H3;1H;/q-2;;+1/p-1. The quantitative estimate of drug-likeness (QED) is 0.323. The molecule has 0 N–H and O–H groups in total. The molecule has 0 saturated carbocycles. The molecule has 3 aromatic heterocycles. The van der Waals surface area contributed by atoms with Gasteiger partial charge in [0.15, 0.2) is 0 Å². The van der Waals surface area contributed by atoms with E-state index in [0.717, 1.165) is 5.69 Å².